The van der Waals surface area contributed by atoms with Crippen LogP contribution in [-0.4, -0.2) is 4.57 Å². The van der Waals surface area contributed by atoms with E-state index < -0.39 is 0 Å². The summed E-state index contributed by atoms with van der Waals surface area (Å²) in [5.74, 6) is 0. The minimum absolute atomic E-state index is 1.15. The Kier molecular flexibility index (Phi) is 7.55. The Bertz CT molecular complexity index is 2740. The Balaban J connectivity index is 1.08. The quantitative estimate of drug-likeness (QED) is 0.166. The number of fused-ring (bicyclic) bond motifs is 4. The maximum absolute atomic E-state index is 2.42. The lowest BCUT2D eigenvalue weighted by molar-refractivity contribution is 1.18. The van der Waals surface area contributed by atoms with Crippen molar-refractivity contribution in [2.24, 2.45) is 0 Å². The van der Waals surface area contributed by atoms with E-state index in [1.807, 2.05) is 0 Å². The van der Waals surface area contributed by atoms with Gasteiger partial charge in [-0.05, 0) is 109 Å². The molecule has 0 atom stereocenters. The fourth-order valence-electron chi connectivity index (χ4n) is 7.80. The Morgan fingerprint density at radius 2 is 0.566 bits per heavy atom. The van der Waals surface area contributed by atoms with E-state index in [0.717, 1.165) is 5.69 Å². The molecule has 1 aromatic heterocycles. The van der Waals surface area contributed by atoms with Crippen LogP contribution in [-0.2, 0) is 0 Å². The predicted molar refractivity (Wildman–Crippen MR) is 225 cm³/mol. The highest BCUT2D eigenvalue weighted by Crippen LogP contribution is 2.38. The van der Waals surface area contributed by atoms with Crippen LogP contribution in [0.1, 0.15) is 0 Å². The molecular formula is C52H35N. The first kappa shape index (κ1) is 30.8. The van der Waals surface area contributed by atoms with Gasteiger partial charge in [0.1, 0.15) is 0 Å². The van der Waals surface area contributed by atoms with Crippen molar-refractivity contribution in [3.05, 3.63) is 212 Å². The maximum Gasteiger partial charge on any atom is 0.0541 e. The molecule has 10 rings (SSSR count). The summed E-state index contributed by atoms with van der Waals surface area (Å²) in [7, 11) is 0. The third-order valence-corrected chi connectivity index (χ3v) is 10.6. The third kappa shape index (κ3) is 5.69. The Hall–Kier alpha value is -6.96. The van der Waals surface area contributed by atoms with E-state index in [0.29, 0.717) is 0 Å². The van der Waals surface area contributed by atoms with Gasteiger partial charge in [0.05, 0.1) is 11.0 Å². The molecule has 0 aliphatic rings. The van der Waals surface area contributed by atoms with Crippen LogP contribution in [0, 0.1) is 0 Å². The van der Waals surface area contributed by atoms with Crippen LogP contribution in [0.2, 0.25) is 0 Å². The lowest BCUT2D eigenvalue weighted by Gasteiger charge is -2.11. The Morgan fingerprint density at radius 1 is 0.226 bits per heavy atom. The van der Waals surface area contributed by atoms with E-state index in [-0.39, 0.29) is 0 Å². The second kappa shape index (κ2) is 13.0. The molecule has 1 nitrogen and oxygen atoms in total. The molecule has 0 aliphatic heterocycles. The highest BCUT2D eigenvalue weighted by atomic mass is 15.0. The summed E-state index contributed by atoms with van der Waals surface area (Å²) in [4.78, 5) is 0. The van der Waals surface area contributed by atoms with Crippen molar-refractivity contribution in [2.45, 2.75) is 0 Å². The van der Waals surface area contributed by atoms with Gasteiger partial charge in [-0.3, -0.25) is 0 Å². The number of rotatable bonds is 6. The molecule has 248 valence electrons. The summed E-state index contributed by atoms with van der Waals surface area (Å²) in [5, 5.41) is 5.00. The van der Waals surface area contributed by atoms with Crippen LogP contribution in [0.15, 0.2) is 212 Å². The maximum atomic E-state index is 2.42. The molecule has 1 heterocycles. The Morgan fingerprint density at radius 3 is 1.06 bits per heavy atom. The van der Waals surface area contributed by atoms with Gasteiger partial charge in [-0.25, -0.2) is 0 Å². The fraction of sp³-hybridized carbons (Fsp3) is 0. The van der Waals surface area contributed by atoms with Crippen LogP contribution < -0.4 is 0 Å². The molecule has 9 aromatic carbocycles. The molecule has 0 saturated carbocycles. The number of hydrogen-bond acceptors (Lipinski definition) is 0. The van der Waals surface area contributed by atoms with Gasteiger partial charge in [-0.15, -0.1) is 0 Å². The van der Waals surface area contributed by atoms with Crippen LogP contribution in [0.5, 0.6) is 0 Å². The monoisotopic (exact) mass is 673 g/mol. The SMILES string of the molecule is c1ccc(-c2ccc(-c3ccc4c(c3)c3cc(-c5ccc(-c6ccccc6)cc5)ccc3n4-c3ccc(-c4ccc5ccccc5c4)cc3)cc2)cc1. The first-order valence-corrected chi connectivity index (χ1v) is 18.2. The Labute approximate surface area is 309 Å². The zero-order valence-electron chi connectivity index (χ0n) is 29.2. The lowest BCUT2D eigenvalue weighted by Crippen LogP contribution is -1.94. The lowest BCUT2D eigenvalue weighted by atomic mass is 9.97. The van der Waals surface area contributed by atoms with Crippen LogP contribution in [0.25, 0.3) is 93.9 Å². The molecular weight excluding hydrogens is 639 g/mol. The van der Waals surface area contributed by atoms with Gasteiger partial charge < -0.3 is 4.57 Å². The zero-order chi connectivity index (χ0) is 35.1. The van der Waals surface area contributed by atoms with Crippen molar-refractivity contribution in [1.29, 1.82) is 0 Å². The van der Waals surface area contributed by atoms with E-state index in [9.17, 15) is 0 Å². The average Bonchev–Trinajstić information content (AvgIpc) is 3.57. The van der Waals surface area contributed by atoms with E-state index in [2.05, 4.69) is 217 Å². The van der Waals surface area contributed by atoms with Crippen molar-refractivity contribution < 1.29 is 0 Å². The smallest absolute Gasteiger partial charge is 0.0541 e. The molecule has 0 bridgehead atoms. The fourth-order valence-corrected chi connectivity index (χ4v) is 7.80. The molecule has 53 heavy (non-hydrogen) atoms. The number of aromatic nitrogens is 1. The summed E-state index contributed by atoms with van der Waals surface area (Å²) in [6.45, 7) is 0. The molecule has 0 spiro atoms. The summed E-state index contributed by atoms with van der Waals surface area (Å²) < 4.78 is 2.42. The molecule has 1 heteroatoms. The molecule has 0 radical (unpaired) electrons. The number of nitrogens with zero attached hydrogens (tertiary/aromatic N) is 1. The third-order valence-electron chi connectivity index (χ3n) is 10.6. The second-order valence-electron chi connectivity index (χ2n) is 13.8. The largest absolute Gasteiger partial charge is 0.309 e. The average molecular weight is 674 g/mol. The van der Waals surface area contributed by atoms with Crippen LogP contribution in [0.3, 0.4) is 0 Å². The van der Waals surface area contributed by atoms with Crippen molar-refractivity contribution >= 4 is 32.6 Å². The highest BCUT2D eigenvalue weighted by Gasteiger charge is 2.15. The van der Waals surface area contributed by atoms with Crippen LogP contribution in [0.4, 0.5) is 0 Å². The van der Waals surface area contributed by atoms with Crippen LogP contribution >= 0.6 is 0 Å². The minimum atomic E-state index is 1.15. The van der Waals surface area contributed by atoms with Gasteiger partial charge in [0.25, 0.3) is 0 Å². The van der Waals surface area contributed by atoms with Crippen molar-refractivity contribution in [3.63, 3.8) is 0 Å². The molecule has 0 amide bonds. The van der Waals surface area contributed by atoms with Gasteiger partial charge in [-0.2, -0.15) is 0 Å². The van der Waals surface area contributed by atoms with E-state index in [1.165, 1.54) is 88.2 Å². The summed E-state index contributed by atoms with van der Waals surface area (Å²) in [6.07, 6.45) is 0. The predicted octanol–water partition coefficient (Wildman–Crippen LogP) is 14.3. The summed E-state index contributed by atoms with van der Waals surface area (Å²) >= 11 is 0. The minimum Gasteiger partial charge on any atom is -0.309 e. The van der Waals surface area contributed by atoms with E-state index in [4.69, 9.17) is 0 Å². The van der Waals surface area contributed by atoms with E-state index >= 15 is 0 Å². The molecule has 0 N–H and O–H groups in total. The number of benzene rings is 9. The standard InChI is InChI=1S/C52H35N/c1-3-9-36(10-4-1)39-15-19-41(20-16-39)46-27-31-51-49(34-46)50-35-47(42-21-17-40(18-22-42)37-11-5-2-6-12-37)28-32-52(50)53(51)48-29-25-43(26-30-48)45-24-23-38-13-7-8-14-44(38)33-45/h1-35H. The zero-order valence-corrected chi connectivity index (χ0v) is 29.2. The normalized spacial score (nSPS) is 11.4. The van der Waals surface area contributed by atoms with Crippen molar-refractivity contribution in [1.82, 2.24) is 4.57 Å². The topological polar surface area (TPSA) is 4.93 Å². The molecule has 0 fully saturated rings. The van der Waals surface area contributed by atoms with Gasteiger partial charge >= 0.3 is 0 Å². The summed E-state index contributed by atoms with van der Waals surface area (Å²) in [5.41, 5.74) is 15.7. The molecule has 10 aromatic rings. The second-order valence-corrected chi connectivity index (χ2v) is 13.8. The van der Waals surface area contributed by atoms with Gasteiger partial charge in [0, 0.05) is 16.5 Å². The van der Waals surface area contributed by atoms with E-state index in [1.54, 1.807) is 0 Å². The van der Waals surface area contributed by atoms with Gasteiger partial charge in [0.2, 0.25) is 0 Å². The molecule has 0 saturated heterocycles. The first-order chi connectivity index (χ1) is 26.2. The van der Waals surface area contributed by atoms with Crippen molar-refractivity contribution in [3.8, 4) is 61.3 Å². The highest BCUT2D eigenvalue weighted by molar-refractivity contribution is 6.11. The van der Waals surface area contributed by atoms with Crippen molar-refractivity contribution in [2.75, 3.05) is 0 Å². The summed E-state index contributed by atoms with van der Waals surface area (Å²) in [6, 6.07) is 77.2. The number of hydrogen-bond donors (Lipinski definition) is 0. The first-order valence-electron chi connectivity index (χ1n) is 18.2. The van der Waals surface area contributed by atoms with Gasteiger partial charge in [0.15, 0.2) is 0 Å². The van der Waals surface area contributed by atoms with Gasteiger partial charge in [-0.1, -0.05) is 170 Å². The molecule has 0 aliphatic carbocycles. The molecule has 0 unspecified atom stereocenters.